The number of ether oxygens (including phenoxy) is 2. The van der Waals surface area contributed by atoms with Crippen LogP contribution in [0.2, 0.25) is 0 Å². The number of hydrogen-bond acceptors (Lipinski definition) is 5. The first-order chi connectivity index (χ1) is 12.9. The molecule has 140 valence electrons. The lowest BCUT2D eigenvalue weighted by molar-refractivity contribution is 0.174. The molecule has 3 aromatic rings. The average molecular weight is 384 g/mol. The van der Waals surface area contributed by atoms with Crippen molar-refractivity contribution in [1.82, 2.24) is 9.55 Å². The number of rotatable bonds is 5. The smallest absolute Gasteiger partial charge is 0.231 e. The Labute approximate surface area is 158 Å². The van der Waals surface area contributed by atoms with Crippen LogP contribution in [0.25, 0.3) is 22.5 Å². The highest BCUT2D eigenvalue weighted by Gasteiger charge is 2.22. The van der Waals surface area contributed by atoms with Gasteiger partial charge >= 0.3 is 0 Å². The van der Waals surface area contributed by atoms with Gasteiger partial charge in [-0.3, -0.25) is 0 Å². The van der Waals surface area contributed by atoms with Crippen molar-refractivity contribution in [2.75, 3.05) is 18.8 Å². The number of benzene rings is 2. The van der Waals surface area contributed by atoms with Gasteiger partial charge in [-0.25, -0.2) is 13.4 Å². The zero-order valence-electron chi connectivity index (χ0n) is 15.2. The number of aromatic nitrogens is 2. The topological polar surface area (TPSA) is 70.4 Å². The van der Waals surface area contributed by atoms with E-state index < -0.39 is 9.84 Å². The highest BCUT2D eigenvalue weighted by atomic mass is 32.2. The first kappa shape index (κ1) is 17.6. The Morgan fingerprint density at radius 3 is 2.52 bits per heavy atom. The first-order valence-electron chi connectivity index (χ1n) is 8.61. The molecule has 27 heavy (non-hydrogen) atoms. The van der Waals surface area contributed by atoms with Crippen LogP contribution in [0, 0.1) is 6.92 Å². The van der Waals surface area contributed by atoms with E-state index in [9.17, 15) is 8.42 Å². The van der Waals surface area contributed by atoms with E-state index in [1.165, 1.54) is 6.26 Å². The Balaban J connectivity index is 1.88. The van der Waals surface area contributed by atoms with E-state index in [2.05, 4.69) is 4.98 Å². The van der Waals surface area contributed by atoms with Crippen LogP contribution in [-0.2, 0) is 16.4 Å². The number of nitrogens with zero attached hydrogens (tertiary/aromatic N) is 2. The molecule has 0 fully saturated rings. The van der Waals surface area contributed by atoms with Crippen molar-refractivity contribution in [3.8, 4) is 34.0 Å². The molecule has 0 atom stereocenters. The molecule has 2 aromatic carbocycles. The minimum Gasteiger partial charge on any atom is -0.454 e. The molecule has 0 bridgehead atoms. The van der Waals surface area contributed by atoms with Gasteiger partial charge in [0.25, 0.3) is 0 Å². The summed E-state index contributed by atoms with van der Waals surface area (Å²) >= 11 is 0. The standard InChI is InChI=1S/C20H20N2O4S/c1-14-10-17-18(26-13-25-17)11-16(14)20-19(15-6-4-3-5-7-15)21-12-22(20)8-9-27(2,23)24/h3-7,10-12H,8-9,13H2,1-2H3. The molecule has 6 nitrogen and oxygen atoms in total. The van der Waals surface area contributed by atoms with Gasteiger partial charge in [-0.05, 0) is 24.6 Å². The molecule has 0 aliphatic carbocycles. The SMILES string of the molecule is Cc1cc2c(cc1-c1c(-c3ccccc3)ncn1CCS(C)(=O)=O)OCO2. The summed E-state index contributed by atoms with van der Waals surface area (Å²) in [7, 11) is -3.09. The summed E-state index contributed by atoms with van der Waals surface area (Å²) < 4.78 is 36.3. The van der Waals surface area contributed by atoms with Gasteiger partial charge in [-0.1, -0.05) is 30.3 Å². The third-order valence-corrected chi connectivity index (χ3v) is 5.49. The quantitative estimate of drug-likeness (QED) is 0.675. The van der Waals surface area contributed by atoms with E-state index in [1.54, 1.807) is 6.33 Å². The largest absolute Gasteiger partial charge is 0.454 e. The first-order valence-corrected chi connectivity index (χ1v) is 10.7. The van der Waals surface area contributed by atoms with E-state index in [4.69, 9.17) is 9.47 Å². The predicted molar refractivity (Wildman–Crippen MR) is 104 cm³/mol. The normalized spacial score (nSPS) is 13.1. The van der Waals surface area contributed by atoms with Gasteiger partial charge < -0.3 is 14.0 Å². The van der Waals surface area contributed by atoms with Crippen molar-refractivity contribution in [2.45, 2.75) is 13.5 Å². The molecule has 0 unspecified atom stereocenters. The van der Waals surface area contributed by atoms with Crippen molar-refractivity contribution in [1.29, 1.82) is 0 Å². The van der Waals surface area contributed by atoms with Crippen molar-refractivity contribution in [3.05, 3.63) is 54.4 Å². The fourth-order valence-corrected chi connectivity index (χ4v) is 3.73. The predicted octanol–water partition coefficient (Wildman–Crippen LogP) is 3.30. The van der Waals surface area contributed by atoms with Gasteiger partial charge in [0.2, 0.25) is 6.79 Å². The maximum Gasteiger partial charge on any atom is 0.231 e. The Morgan fingerprint density at radius 2 is 1.81 bits per heavy atom. The fourth-order valence-electron chi connectivity index (χ4n) is 3.20. The van der Waals surface area contributed by atoms with Crippen LogP contribution in [0.3, 0.4) is 0 Å². The van der Waals surface area contributed by atoms with Crippen LogP contribution in [0.4, 0.5) is 0 Å². The Kier molecular flexibility index (Phi) is 4.39. The van der Waals surface area contributed by atoms with Crippen molar-refractivity contribution in [2.24, 2.45) is 0 Å². The summed E-state index contributed by atoms with van der Waals surface area (Å²) in [5, 5.41) is 0. The Bertz CT molecular complexity index is 1090. The Morgan fingerprint density at radius 1 is 1.11 bits per heavy atom. The molecule has 1 aliphatic heterocycles. The maximum absolute atomic E-state index is 11.7. The number of hydrogen-bond donors (Lipinski definition) is 0. The zero-order valence-corrected chi connectivity index (χ0v) is 16.0. The lowest BCUT2D eigenvalue weighted by atomic mass is 10.00. The summed E-state index contributed by atoms with van der Waals surface area (Å²) in [6, 6.07) is 13.8. The molecule has 0 saturated carbocycles. The zero-order chi connectivity index (χ0) is 19.0. The van der Waals surface area contributed by atoms with E-state index in [0.29, 0.717) is 12.3 Å². The number of imidazole rings is 1. The number of aryl methyl sites for hydroxylation is 2. The molecule has 7 heteroatoms. The summed E-state index contributed by atoms with van der Waals surface area (Å²) in [6.07, 6.45) is 2.94. The number of fused-ring (bicyclic) bond motifs is 1. The van der Waals surface area contributed by atoms with Crippen LogP contribution < -0.4 is 9.47 Å². The molecule has 0 saturated heterocycles. The molecule has 2 heterocycles. The molecule has 4 rings (SSSR count). The lowest BCUT2D eigenvalue weighted by Gasteiger charge is -2.13. The van der Waals surface area contributed by atoms with Crippen LogP contribution in [-0.4, -0.2) is 36.8 Å². The van der Waals surface area contributed by atoms with Gasteiger partial charge in [0, 0.05) is 23.9 Å². The van der Waals surface area contributed by atoms with Gasteiger partial charge in [-0.2, -0.15) is 0 Å². The summed E-state index contributed by atoms with van der Waals surface area (Å²) in [5.74, 6) is 1.46. The molecule has 0 amide bonds. The third-order valence-electron chi connectivity index (χ3n) is 4.56. The van der Waals surface area contributed by atoms with Crippen LogP contribution in [0.5, 0.6) is 11.5 Å². The number of sulfone groups is 1. The Hall–Kier alpha value is -2.80. The summed E-state index contributed by atoms with van der Waals surface area (Å²) in [4.78, 5) is 4.59. The van der Waals surface area contributed by atoms with Gasteiger partial charge in [-0.15, -0.1) is 0 Å². The second-order valence-corrected chi connectivity index (χ2v) is 8.91. The van der Waals surface area contributed by atoms with E-state index in [0.717, 1.165) is 33.8 Å². The minimum atomic E-state index is -3.09. The average Bonchev–Trinajstić information content (AvgIpc) is 3.25. The molecule has 1 aromatic heterocycles. The summed E-state index contributed by atoms with van der Waals surface area (Å²) in [6.45, 7) is 2.54. The highest BCUT2D eigenvalue weighted by Crippen LogP contribution is 2.41. The molecule has 1 aliphatic rings. The van der Waals surface area contributed by atoms with Crippen molar-refractivity contribution < 1.29 is 17.9 Å². The van der Waals surface area contributed by atoms with E-state index >= 15 is 0 Å². The molecule has 0 spiro atoms. The van der Waals surface area contributed by atoms with Crippen molar-refractivity contribution >= 4 is 9.84 Å². The van der Waals surface area contributed by atoms with E-state index in [-0.39, 0.29) is 12.5 Å². The van der Waals surface area contributed by atoms with Gasteiger partial charge in [0.05, 0.1) is 23.5 Å². The van der Waals surface area contributed by atoms with Crippen LogP contribution >= 0.6 is 0 Å². The fraction of sp³-hybridized carbons (Fsp3) is 0.250. The van der Waals surface area contributed by atoms with Gasteiger partial charge in [0.15, 0.2) is 11.5 Å². The monoisotopic (exact) mass is 384 g/mol. The second kappa shape index (κ2) is 6.74. The maximum atomic E-state index is 11.7. The molecule has 0 radical (unpaired) electrons. The molecular formula is C20H20N2O4S. The lowest BCUT2D eigenvalue weighted by Crippen LogP contribution is -2.11. The van der Waals surface area contributed by atoms with Gasteiger partial charge in [0.1, 0.15) is 9.84 Å². The molecule has 0 N–H and O–H groups in total. The van der Waals surface area contributed by atoms with E-state index in [1.807, 2.05) is 54.0 Å². The van der Waals surface area contributed by atoms with Crippen molar-refractivity contribution in [3.63, 3.8) is 0 Å². The highest BCUT2D eigenvalue weighted by molar-refractivity contribution is 7.90. The minimum absolute atomic E-state index is 0.0498. The molecular weight excluding hydrogens is 364 g/mol. The third kappa shape index (κ3) is 3.55. The second-order valence-electron chi connectivity index (χ2n) is 6.65. The van der Waals surface area contributed by atoms with Crippen LogP contribution in [0.15, 0.2) is 48.8 Å². The van der Waals surface area contributed by atoms with Crippen LogP contribution in [0.1, 0.15) is 5.56 Å². The summed E-state index contributed by atoms with van der Waals surface area (Å²) in [5.41, 5.74) is 4.62.